The van der Waals surface area contributed by atoms with Crippen molar-refractivity contribution in [3.63, 3.8) is 0 Å². The molecule has 38 heavy (non-hydrogen) atoms. The first-order chi connectivity index (χ1) is 18.0. The predicted molar refractivity (Wildman–Crippen MR) is 130 cm³/mol. The molecule has 15 atom stereocenters. The number of aliphatic hydroxyl groups excluding tert-OH is 8. The van der Waals surface area contributed by atoms with Crippen LogP contribution in [0.3, 0.4) is 0 Å². The summed E-state index contributed by atoms with van der Waals surface area (Å²) in [6.45, 7) is 4.15. The molecule has 3 saturated heterocycles. The molecule has 0 aromatic rings. The van der Waals surface area contributed by atoms with Crippen molar-refractivity contribution in [2.75, 3.05) is 46.2 Å². The van der Waals surface area contributed by atoms with E-state index in [1.807, 2.05) is 0 Å². The highest BCUT2D eigenvalue weighted by molar-refractivity contribution is 4.92. The van der Waals surface area contributed by atoms with Gasteiger partial charge in [0, 0.05) is 29.6 Å². The summed E-state index contributed by atoms with van der Waals surface area (Å²) in [5.74, 6) is -2.49. The van der Waals surface area contributed by atoms with Crippen LogP contribution in [0.25, 0.3) is 0 Å². The third kappa shape index (κ3) is 7.03. The highest BCUT2D eigenvalue weighted by atomic mass is 16.6. The molecule has 6 unspecified atom stereocenters. The van der Waals surface area contributed by atoms with Crippen molar-refractivity contribution in [1.29, 1.82) is 0 Å². The first-order valence-electron chi connectivity index (χ1n) is 13.4. The Morgan fingerprint density at radius 1 is 0.474 bits per heavy atom. The molecule has 0 spiro atoms. The van der Waals surface area contributed by atoms with Gasteiger partial charge in [0.15, 0.2) is 6.29 Å². The van der Waals surface area contributed by atoms with Gasteiger partial charge in [-0.05, 0) is 0 Å². The van der Waals surface area contributed by atoms with Crippen LogP contribution < -0.4 is 0 Å². The Labute approximate surface area is 222 Å². The van der Waals surface area contributed by atoms with E-state index < -0.39 is 91.5 Å². The van der Waals surface area contributed by atoms with E-state index in [0.717, 1.165) is 0 Å². The SMILES string of the molecule is CC1[C@H](COC[C@H]2C(CO)O[C@@H](COC[C@H]3C(CO)O[C@@H](O)C(C)[C@H]3O)C(C)[C@H]2O)OC(CO)[C@H](O)[C@@H]1O. The van der Waals surface area contributed by atoms with E-state index in [1.54, 1.807) is 20.8 Å². The Bertz CT molecular complexity index is 694. The molecule has 13 nitrogen and oxygen atoms in total. The molecule has 3 rings (SSSR count). The first-order valence-corrected chi connectivity index (χ1v) is 13.4. The summed E-state index contributed by atoms with van der Waals surface area (Å²) >= 11 is 0. The normalized spacial score (nSPS) is 48.2. The van der Waals surface area contributed by atoms with Crippen LogP contribution in [0.5, 0.6) is 0 Å². The topological polar surface area (TPSA) is 208 Å². The van der Waals surface area contributed by atoms with Gasteiger partial charge in [0.2, 0.25) is 0 Å². The summed E-state index contributed by atoms with van der Waals surface area (Å²) in [6, 6.07) is 0. The largest absolute Gasteiger partial charge is 0.394 e. The maximum absolute atomic E-state index is 11.0. The van der Waals surface area contributed by atoms with Gasteiger partial charge in [-0.25, -0.2) is 0 Å². The Hall–Kier alpha value is -0.520. The lowest BCUT2D eigenvalue weighted by Crippen LogP contribution is -2.56. The van der Waals surface area contributed by atoms with E-state index >= 15 is 0 Å². The minimum absolute atomic E-state index is 0.0391. The smallest absolute Gasteiger partial charge is 0.160 e. The number of hydrogen-bond donors (Lipinski definition) is 8. The van der Waals surface area contributed by atoms with Gasteiger partial charge >= 0.3 is 0 Å². The quantitative estimate of drug-likeness (QED) is 0.127. The second-order valence-electron chi connectivity index (χ2n) is 11.0. The molecular formula is C25H46O13. The van der Waals surface area contributed by atoms with E-state index in [0.29, 0.717) is 0 Å². The molecule has 0 radical (unpaired) electrons. The van der Waals surface area contributed by atoms with Crippen LogP contribution >= 0.6 is 0 Å². The molecule has 3 aliphatic heterocycles. The molecule has 13 heteroatoms. The Kier molecular flexibility index (Phi) is 12.1. The Morgan fingerprint density at radius 2 is 0.895 bits per heavy atom. The van der Waals surface area contributed by atoms with Crippen LogP contribution in [0.2, 0.25) is 0 Å². The lowest BCUT2D eigenvalue weighted by molar-refractivity contribution is -0.260. The lowest BCUT2D eigenvalue weighted by atomic mass is 9.82. The van der Waals surface area contributed by atoms with Crippen LogP contribution in [-0.4, -0.2) is 148 Å². The van der Waals surface area contributed by atoms with E-state index in [2.05, 4.69) is 0 Å². The van der Waals surface area contributed by atoms with Gasteiger partial charge in [0.1, 0.15) is 12.2 Å². The fourth-order valence-electron chi connectivity index (χ4n) is 5.58. The van der Waals surface area contributed by atoms with Crippen molar-refractivity contribution in [1.82, 2.24) is 0 Å². The fraction of sp³-hybridized carbons (Fsp3) is 1.00. The zero-order valence-electron chi connectivity index (χ0n) is 22.2. The summed E-state index contributed by atoms with van der Waals surface area (Å²) in [6.07, 6.45) is -8.86. The third-order valence-electron chi connectivity index (χ3n) is 8.54. The van der Waals surface area contributed by atoms with Gasteiger partial charge in [-0.3, -0.25) is 0 Å². The molecular weight excluding hydrogens is 508 g/mol. The van der Waals surface area contributed by atoms with E-state index in [4.69, 9.17) is 23.7 Å². The first kappa shape index (κ1) is 32.0. The minimum Gasteiger partial charge on any atom is -0.394 e. The molecule has 8 N–H and O–H groups in total. The zero-order chi connectivity index (χ0) is 28.1. The minimum atomic E-state index is -1.20. The van der Waals surface area contributed by atoms with Crippen molar-refractivity contribution in [3.05, 3.63) is 0 Å². The third-order valence-corrected chi connectivity index (χ3v) is 8.54. The van der Waals surface area contributed by atoms with E-state index in [1.165, 1.54) is 0 Å². The second-order valence-corrected chi connectivity index (χ2v) is 11.0. The highest BCUT2D eigenvalue weighted by Gasteiger charge is 2.46. The van der Waals surface area contributed by atoms with Crippen LogP contribution in [0.15, 0.2) is 0 Å². The maximum atomic E-state index is 11.0. The summed E-state index contributed by atoms with van der Waals surface area (Å²) in [7, 11) is 0. The fourth-order valence-corrected chi connectivity index (χ4v) is 5.58. The van der Waals surface area contributed by atoms with Crippen molar-refractivity contribution in [2.24, 2.45) is 29.6 Å². The molecule has 0 aromatic heterocycles. The van der Waals surface area contributed by atoms with Crippen molar-refractivity contribution in [3.8, 4) is 0 Å². The average Bonchev–Trinajstić information content (AvgIpc) is 2.91. The van der Waals surface area contributed by atoms with Crippen molar-refractivity contribution < 1.29 is 64.5 Å². The molecule has 3 heterocycles. The number of aliphatic hydroxyl groups is 8. The van der Waals surface area contributed by atoms with E-state index in [-0.39, 0.29) is 45.6 Å². The molecule has 3 fully saturated rings. The van der Waals surface area contributed by atoms with Crippen molar-refractivity contribution in [2.45, 2.75) is 82.0 Å². The number of rotatable bonds is 11. The van der Waals surface area contributed by atoms with Crippen LogP contribution in [-0.2, 0) is 23.7 Å². The molecule has 0 amide bonds. The zero-order valence-corrected chi connectivity index (χ0v) is 22.2. The van der Waals surface area contributed by atoms with Crippen molar-refractivity contribution >= 4 is 0 Å². The summed E-state index contributed by atoms with van der Waals surface area (Å²) in [4.78, 5) is 0. The Balaban J connectivity index is 1.50. The molecule has 0 aliphatic carbocycles. The number of ether oxygens (including phenoxy) is 5. The second kappa shape index (κ2) is 14.4. The lowest BCUT2D eigenvalue weighted by Gasteiger charge is -2.44. The highest BCUT2D eigenvalue weighted by Crippen LogP contribution is 2.33. The predicted octanol–water partition coefficient (Wildman–Crippen LogP) is -3.17. The number of hydrogen-bond acceptors (Lipinski definition) is 13. The molecule has 0 bridgehead atoms. The van der Waals surface area contributed by atoms with E-state index in [9.17, 15) is 40.9 Å². The summed E-state index contributed by atoms with van der Waals surface area (Å²) < 4.78 is 28.7. The Morgan fingerprint density at radius 3 is 1.39 bits per heavy atom. The molecule has 0 aromatic carbocycles. The van der Waals surface area contributed by atoms with Gasteiger partial charge in [-0.1, -0.05) is 20.8 Å². The van der Waals surface area contributed by atoms with Crippen LogP contribution in [0, 0.1) is 29.6 Å². The van der Waals surface area contributed by atoms with Crippen LogP contribution in [0.1, 0.15) is 20.8 Å². The van der Waals surface area contributed by atoms with Crippen LogP contribution in [0.4, 0.5) is 0 Å². The van der Waals surface area contributed by atoms with Gasteiger partial charge < -0.3 is 64.5 Å². The van der Waals surface area contributed by atoms with Gasteiger partial charge in [-0.2, -0.15) is 0 Å². The van der Waals surface area contributed by atoms with Gasteiger partial charge in [-0.15, -0.1) is 0 Å². The average molecular weight is 555 g/mol. The molecule has 3 aliphatic rings. The van der Waals surface area contributed by atoms with Gasteiger partial charge in [0.25, 0.3) is 0 Å². The molecule has 224 valence electrons. The summed E-state index contributed by atoms with van der Waals surface area (Å²) in [5.41, 5.74) is 0. The monoisotopic (exact) mass is 554 g/mol. The maximum Gasteiger partial charge on any atom is 0.160 e. The summed E-state index contributed by atoms with van der Waals surface area (Å²) in [5, 5.41) is 80.5. The molecule has 0 saturated carbocycles. The van der Waals surface area contributed by atoms with Gasteiger partial charge in [0.05, 0.1) is 89.0 Å². The standard InChI is InChI=1S/C25H46O13/c1-11-19(9-35-8-15-17(5-27)38-25(33)13(3)22(15)30)36-16(4-26)14(21(11)29)7-34-10-20-12(2)23(31)24(32)18(6-28)37-20/h11-33H,4-10H2,1-3H3/t11?,12?,13?,14-,15-,16?,17?,18?,19-,20-,21+,22+,23+,24-,25+/m0/s1.